The average Bonchev–Trinajstić information content (AvgIpc) is 2.65. The number of nitrogens with two attached hydrogens (primary N) is 1. The first-order valence-corrected chi connectivity index (χ1v) is 6.72. The van der Waals surface area contributed by atoms with Crippen LogP contribution in [-0.2, 0) is 0 Å². The lowest BCUT2D eigenvalue weighted by atomic mass is 9.86. The molecule has 16 heavy (non-hydrogen) atoms. The van der Waals surface area contributed by atoms with Crippen LogP contribution < -0.4 is 10.5 Å². The molecule has 0 radical (unpaired) electrons. The molecule has 0 aromatic heterocycles. The summed E-state index contributed by atoms with van der Waals surface area (Å²) in [4.78, 5) is 0. The summed E-state index contributed by atoms with van der Waals surface area (Å²) in [7, 11) is 0. The molecule has 1 aliphatic carbocycles. The van der Waals surface area contributed by atoms with Crippen LogP contribution in [0.15, 0.2) is 22.7 Å². The van der Waals surface area contributed by atoms with E-state index < -0.39 is 0 Å². The van der Waals surface area contributed by atoms with Crippen LogP contribution in [0.2, 0.25) is 0 Å². The lowest BCUT2D eigenvalue weighted by molar-refractivity contribution is 0.0425. The predicted molar refractivity (Wildman–Crippen MR) is 67.5 cm³/mol. The Morgan fingerprint density at radius 3 is 2.81 bits per heavy atom. The number of halogens is 1. The van der Waals surface area contributed by atoms with Crippen molar-refractivity contribution >= 4 is 15.9 Å². The highest BCUT2D eigenvalue weighted by atomic mass is 79.9. The van der Waals surface area contributed by atoms with Crippen molar-refractivity contribution in [1.82, 2.24) is 0 Å². The Morgan fingerprint density at radius 2 is 2.06 bits per heavy atom. The molecule has 0 amide bonds. The van der Waals surface area contributed by atoms with Crippen molar-refractivity contribution in [2.75, 3.05) is 0 Å². The van der Waals surface area contributed by atoms with E-state index in [4.69, 9.17) is 10.5 Å². The van der Waals surface area contributed by atoms with E-state index in [0.717, 1.165) is 35.0 Å². The quantitative estimate of drug-likeness (QED) is 0.790. The van der Waals surface area contributed by atoms with Crippen LogP contribution in [0.25, 0.3) is 0 Å². The van der Waals surface area contributed by atoms with Crippen molar-refractivity contribution in [2.45, 2.75) is 43.7 Å². The molecule has 1 spiro atoms. The van der Waals surface area contributed by atoms with Gasteiger partial charge in [-0.05, 0) is 37.8 Å². The number of hydrogen-bond donors (Lipinski definition) is 1. The van der Waals surface area contributed by atoms with E-state index in [2.05, 4.69) is 28.1 Å². The molecule has 1 aromatic rings. The molecule has 1 saturated carbocycles. The highest BCUT2D eigenvalue weighted by molar-refractivity contribution is 9.10. The molecule has 2 aliphatic rings. The van der Waals surface area contributed by atoms with Gasteiger partial charge in [0.25, 0.3) is 0 Å². The number of ether oxygens (including phenoxy) is 1. The van der Waals surface area contributed by atoms with E-state index in [9.17, 15) is 0 Å². The van der Waals surface area contributed by atoms with Gasteiger partial charge in [0.05, 0.1) is 0 Å². The summed E-state index contributed by atoms with van der Waals surface area (Å²) in [5.74, 6) is 0.982. The van der Waals surface area contributed by atoms with Crippen molar-refractivity contribution in [1.29, 1.82) is 0 Å². The summed E-state index contributed by atoms with van der Waals surface area (Å²) in [6.07, 6.45) is 5.84. The molecule has 2 N–H and O–H groups in total. The van der Waals surface area contributed by atoms with Crippen LogP contribution in [0.1, 0.15) is 43.7 Å². The zero-order chi connectivity index (χ0) is 11.2. The van der Waals surface area contributed by atoms with Crippen molar-refractivity contribution in [3.63, 3.8) is 0 Å². The Morgan fingerprint density at radius 1 is 1.31 bits per heavy atom. The Balaban J connectivity index is 2.00. The van der Waals surface area contributed by atoms with Gasteiger partial charge in [0.2, 0.25) is 0 Å². The second-order valence-electron chi connectivity index (χ2n) is 4.98. The van der Waals surface area contributed by atoms with Gasteiger partial charge in [-0.25, -0.2) is 0 Å². The molecule has 1 atom stereocenters. The van der Waals surface area contributed by atoms with Gasteiger partial charge >= 0.3 is 0 Å². The maximum Gasteiger partial charge on any atom is 0.126 e. The summed E-state index contributed by atoms with van der Waals surface area (Å²) in [6.45, 7) is 0. The average molecular weight is 282 g/mol. The second kappa shape index (κ2) is 3.74. The fourth-order valence-corrected chi connectivity index (χ4v) is 3.35. The van der Waals surface area contributed by atoms with Crippen molar-refractivity contribution in [2.24, 2.45) is 5.73 Å². The molecular weight excluding hydrogens is 266 g/mol. The van der Waals surface area contributed by atoms with Gasteiger partial charge in [-0.15, -0.1) is 0 Å². The normalized spacial score (nSPS) is 26.5. The highest BCUT2D eigenvalue weighted by Gasteiger charge is 2.41. The van der Waals surface area contributed by atoms with E-state index in [1.165, 1.54) is 12.8 Å². The van der Waals surface area contributed by atoms with E-state index in [-0.39, 0.29) is 11.6 Å². The molecule has 1 fully saturated rings. The molecule has 1 aromatic carbocycles. The number of hydrogen-bond acceptors (Lipinski definition) is 2. The van der Waals surface area contributed by atoms with Gasteiger partial charge in [-0.2, -0.15) is 0 Å². The van der Waals surface area contributed by atoms with Gasteiger partial charge in [0, 0.05) is 22.5 Å². The van der Waals surface area contributed by atoms with E-state index in [1.54, 1.807) is 0 Å². The Labute approximate surface area is 104 Å². The first-order chi connectivity index (χ1) is 7.69. The molecule has 3 heteroatoms. The maximum atomic E-state index is 6.26. The fraction of sp³-hybridized carbons (Fsp3) is 0.538. The molecule has 2 nitrogen and oxygen atoms in total. The lowest BCUT2D eigenvalue weighted by Gasteiger charge is -2.38. The van der Waals surface area contributed by atoms with Gasteiger partial charge in [0.1, 0.15) is 11.4 Å². The topological polar surface area (TPSA) is 35.2 Å². The first-order valence-electron chi connectivity index (χ1n) is 5.93. The van der Waals surface area contributed by atoms with E-state index >= 15 is 0 Å². The minimum absolute atomic E-state index is 0.0349. The van der Waals surface area contributed by atoms with Crippen LogP contribution in [0, 0.1) is 0 Å². The standard InChI is InChI=1S/C13H16BrNO/c14-9-3-4-10-11(15)8-13(5-1-2-6-13)16-12(10)7-9/h3-4,7,11H,1-2,5-6,8,15H2/t11-/m0/s1. The summed E-state index contributed by atoms with van der Waals surface area (Å²) in [5, 5.41) is 0. The Bertz CT molecular complexity index is 412. The predicted octanol–water partition coefficient (Wildman–Crippen LogP) is 3.54. The molecule has 0 saturated heterocycles. The van der Waals surface area contributed by atoms with Crippen molar-refractivity contribution in [3.05, 3.63) is 28.2 Å². The van der Waals surface area contributed by atoms with Gasteiger partial charge in [-0.3, -0.25) is 0 Å². The van der Waals surface area contributed by atoms with Crippen molar-refractivity contribution < 1.29 is 4.74 Å². The zero-order valence-corrected chi connectivity index (χ0v) is 10.8. The van der Waals surface area contributed by atoms with Gasteiger partial charge < -0.3 is 10.5 Å². The van der Waals surface area contributed by atoms with Crippen molar-refractivity contribution in [3.8, 4) is 5.75 Å². The molecular formula is C13H16BrNO. The number of rotatable bonds is 0. The second-order valence-corrected chi connectivity index (χ2v) is 5.90. The van der Waals surface area contributed by atoms with E-state index in [1.807, 2.05) is 6.07 Å². The minimum Gasteiger partial charge on any atom is -0.487 e. The van der Waals surface area contributed by atoms with Gasteiger partial charge in [-0.1, -0.05) is 22.0 Å². The SMILES string of the molecule is N[C@H]1CC2(CCCC2)Oc2cc(Br)ccc21. The van der Waals surface area contributed by atoms with E-state index in [0.29, 0.717) is 0 Å². The van der Waals surface area contributed by atoms with Crippen LogP contribution in [0.3, 0.4) is 0 Å². The number of benzene rings is 1. The Kier molecular flexibility index (Phi) is 2.48. The summed E-state index contributed by atoms with van der Waals surface area (Å²) in [5.41, 5.74) is 7.44. The molecule has 86 valence electrons. The van der Waals surface area contributed by atoms with Crippen LogP contribution in [0.5, 0.6) is 5.75 Å². The third kappa shape index (κ3) is 1.66. The highest BCUT2D eigenvalue weighted by Crippen LogP contribution is 2.46. The minimum atomic E-state index is 0.0349. The number of fused-ring (bicyclic) bond motifs is 1. The largest absolute Gasteiger partial charge is 0.487 e. The Hall–Kier alpha value is -0.540. The monoisotopic (exact) mass is 281 g/mol. The molecule has 0 unspecified atom stereocenters. The van der Waals surface area contributed by atoms with Crippen LogP contribution >= 0.6 is 15.9 Å². The maximum absolute atomic E-state index is 6.26. The molecule has 3 rings (SSSR count). The smallest absolute Gasteiger partial charge is 0.126 e. The zero-order valence-electron chi connectivity index (χ0n) is 9.21. The molecule has 1 heterocycles. The third-order valence-corrected chi connectivity index (χ3v) is 4.30. The summed E-state index contributed by atoms with van der Waals surface area (Å²) in [6, 6.07) is 6.30. The fourth-order valence-electron chi connectivity index (χ4n) is 3.01. The third-order valence-electron chi connectivity index (χ3n) is 3.81. The van der Waals surface area contributed by atoms with Crippen LogP contribution in [0.4, 0.5) is 0 Å². The summed E-state index contributed by atoms with van der Waals surface area (Å²) >= 11 is 3.49. The first kappa shape index (κ1) is 10.6. The van der Waals surface area contributed by atoms with Gasteiger partial charge in [0.15, 0.2) is 0 Å². The van der Waals surface area contributed by atoms with Crippen LogP contribution in [-0.4, -0.2) is 5.60 Å². The molecule has 0 bridgehead atoms. The lowest BCUT2D eigenvalue weighted by Crippen LogP contribution is -2.40. The summed E-state index contributed by atoms with van der Waals surface area (Å²) < 4.78 is 7.29. The molecule has 1 aliphatic heterocycles.